The second-order valence-corrected chi connectivity index (χ2v) is 6.81. The Hall–Kier alpha value is -1.88. The summed E-state index contributed by atoms with van der Waals surface area (Å²) in [5, 5.41) is 4.32. The first-order valence-electron chi connectivity index (χ1n) is 8.30. The fourth-order valence-electron chi connectivity index (χ4n) is 3.86. The fraction of sp³-hybridized carbons (Fsp3) is 0.444. The summed E-state index contributed by atoms with van der Waals surface area (Å²) < 4.78 is 5.99. The molecule has 0 spiro atoms. The topological polar surface area (TPSA) is 41.3 Å². The highest BCUT2D eigenvalue weighted by molar-refractivity contribution is 7.80. The second kappa shape index (κ2) is 5.96. The molecule has 2 aliphatic rings. The molecular formula is C18H21N3OS. The molecule has 1 aliphatic carbocycles. The second-order valence-electron chi connectivity index (χ2n) is 6.42. The van der Waals surface area contributed by atoms with Crippen molar-refractivity contribution in [2.75, 3.05) is 0 Å². The molecule has 0 radical (unpaired) electrons. The molecule has 1 aliphatic heterocycles. The van der Waals surface area contributed by atoms with E-state index in [1.165, 1.54) is 25.7 Å². The zero-order chi connectivity index (χ0) is 15.8. The van der Waals surface area contributed by atoms with Crippen LogP contribution in [0.1, 0.15) is 55.0 Å². The van der Waals surface area contributed by atoms with Gasteiger partial charge in [0.1, 0.15) is 17.6 Å². The maximum atomic E-state index is 5.99. The normalized spacial score (nSPS) is 25.1. The molecule has 0 bridgehead atoms. The minimum atomic E-state index is 0.0369. The molecule has 23 heavy (non-hydrogen) atoms. The molecule has 4 rings (SSSR count). The van der Waals surface area contributed by atoms with Gasteiger partial charge in [0.15, 0.2) is 5.11 Å². The van der Waals surface area contributed by atoms with Crippen LogP contribution in [0.3, 0.4) is 0 Å². The number of thiocarbonyl (C=S) groups is 1. The van der Waals surface area contributed by atoms with Gasteiger partial charge in [-0.1, -0.05) is 18.9 Å². The molecule has 2 aromatic rings. The summed E-state index contributed by atoms with van der Waals surface area (Å²) in [6.45, 7) is 1.99. The quantitative estimate of drug-likeness (QED) is 0.866. The van der Waals surface area contributed by atoms with E-state index < -0.39 is 0 Å². The van der Waals surface area contributed by atoms with Crippen LogP contribution >= 0.6 is 12.2 Å². The zero-order valence-electron chi connectivity index (χ0n) is 13.2. The van der Waals surface area contributed by atoms with E-state index in [9.17, 15) is 0 Å². The van der Waals surface area contributed by atoms with Crippen LogP contribution in [-0.4, -0.2) is 21.0 Å². The summed E-state index contributed by atoms with van der Waals surface area (Å²) in [6.07, 6.45) is 6.80. The largest absolute Gasteiger partial charge is 0.464 e. The summed E-state index contributed by atoms with van der Waals surface area (Å²) in [7, 11) is 0. The lowest BCUT2D eigenvalue weighted by Gasteiger charge is -2.31. The van der Waals surface area contributed by atoms with Crippen molar-refractivity contribution in [1.29, 1.82) is 0 Å². The third kappa shape index (κ3) is 2.63. The van der Waals surface area contributed by atoms with Gasteiger partial charge in [0.05, 0.1) is 11.7 Å². The summed E-state index contributed by atoms with van der Waals surface area (Å²) in [4.78, 5) is 6.91. The van der Waals surface area contributed by atoms with Crippen molar-refractivity contribution in [3.05, 3.63) is 53.7 Å². The monoisotopic (exact) mass is 327 g/mol. The van der Waals surface area contributed by atoms with Crippen molar-refractivity contribution in [2.45, 2.75) is 50.7 Å². The molecular weight excluding hydrogens is 306 g/mol. The molecule has 2 fully saturated rings. The van der Waals surface area contributed by atoms with Gasteiger partial charge in [-0.15, -0.1) is 0 Å². The van der Waals surface area contributed by atoms with E-state index in [1.807, 2.05) is 31.3 Å². The number of aromatic nitrogens is 1. The number of rotatable bonds is 3. The van der Waals surface area contributed by atoms with Crippen LogP contribution in [0.15, 0.2) is 40.9 Å². The Balaban J connectivity index is 1.75. The van der Waals surface area contributed by atoms with Gasteiger partial charge in [0.25, 0.3) is 0 Å². The van der Waals surface area contributed by atoms with Crippen LogP contribution in [-0.2, 0) is 0 Å². The summed E-state index contributed by atoms with van der Waals surface area (Å²) in [5.41, 5.74) is 1.01. The molecule has 0 aromatic carbocycles. The molecule has 2 aromatic heterocycles. The molecule has 5 heteroatoms. The molecule has 1 saturated heterocycles. The molecule has 2 atom stereocenters. The van der Waals surface area contributed by atoms with E-state index in [-0.39, 0.29) is 12.1 Å². The maximum absolute atomic E-state index is 5.99. The Labute approximate surface area is 141 Å². The minimum Gasteiger partial charge on any atom is -0.464 e. The van der Waals surface area contributed by atoms with Gasteiger partial charge >= 0.3 is 0 Å². The van der Waals surface area contributed by atoms with Crippen molar-refractivity contribution < 1.29 is 4.42 Å². The first-order valence-corrected chi connectivity index (χ1v) is 8.71. The number of nitrogens with one attached hydrogen (secondary N) is 1. The van der Waals surface area contributed by atoms with Crippen LogP contribution in [0, 0.1) is 6.92 Å². The minimum absolute atomic E-state index is 0.0369. The number of nitrogens with zero attached hydrogens (tertiary/aromatic N) is 2. The van der Waals surface area contributed by atoms with Crippen LogP contribution in [0.25, 0.3) is 0 Å². The van der Waals surface area contributed by atoms with Gasteiger partial charge < -0.3 is 14.6 Å². The molecule has 1 saturated carbocycles. The smallest absolute Gasteiger partial charge is 0.170 e. The lowest BCUT2D eigenvalue weighted by molar-refractivity contribution is 0.215. The van der Waals surface area contributed by atoms with Gasteiger partial charge in [-0.2, -0.15) is 0 Å². The Morgan fingerprint density at radius 3 is 2.70 bits per heavy atom. The molecule has 3 heterocycles. The van der Waals surface area contributed by atoms with Crippen molar-refractivity contribution >= 4 is 17.3 Å². The van der Waals surface area contributed by atoms with Crippen molar-refractivity contribution in [2.24, 2.45) is 0 Å². The van der Waals surface area contributed by atoms with Gasteiger partial charge in [0, 0.05) is 12.2 Å². The molecule has 0 amide bonds. The van der Waals surface area contributed by atoms with E-state index in [0.717, 1.165) is 22.3 Å². The summed E-state index contributed by atoms with van der Waals surface area (Å²) in [5.74, 6) is 1.90. The Morgan fingerprint density at radius 1 is 1.22 bits per heavy atom. The number of furan rings is 1. The van der Waals surface area contributed by atoms with Crippen molar-refractivity contribution in [3.8, 4) is 0 Å². The number of hydrogen-bond acceptors (Lipinski definition) is 3. The molecule has 0 unspecified atom stereocenters. The van der Waals surface area contributed by atoms with Crippen molar-refractivity contribution in [3.63, 3.8) is 0 Å². The van der Waals surface area contributed by atoms with Crippen LogP contribution in [0.4, 0.5) is 0 Å². The lowest BCUT2D eigenvalue weighted by Crippen LogP contribution is -2.37. The van der Waals surface area contributed by atoms with Crippen LogP contribution in [0.2, 0.25) is 0 Å². The molecule has 1 N–H and O–H groups in total. The third-order valence-electron chi connectivity index (χ3n) is 4.91. The van der Waals surface area contributed by atoms with Crippen LogP contribution in [0.5, 0.6) is 0 Å². The summed E-state index contributed by atoms with van der Waals surface area (Å²) in [6, 6.07) is 10.7. The highest BCUT2D eigenvalue weighted by Crippen LogP contribution is 2.43. The Bertz CT molecular complexity index is 693. The number of pyridine rings is 1. The van der Waals surface area contributed by atoms with E-state index in [2.05, 4.69) is 27.3 Å². The highest BCUT2D eigenvalue weighted by atomic mass is 32.1. The SMILES string of the molecule is Cc1ccc([C@@H]2[C@@H](c3ccccn3)NC(=S)N2C2CCCC2)o1. The maximum Gasteiger partial charge on any atom is 0.170 e. The Morgan fingerprint density at radius 2 is 2.04 bits per heavy atom. The first kappa shape index (κ1) is 14.7. The number of hydrogen-bond donors (Lipinski definition) is 1. The average Bonchev–Trinajstić information content (AvgIpc) is 3.27. The van der Waals surface area contributed by atoms with E-state index in [0.29, 0.717) is 6.04 Å². The molecule has 4 nitrogen and oxygen atoms in total. The van der Waals surface area contributed by atoms with E-state index >= 15 is 0 Å². The first-order chi connectivity index (χ1) is 11.2. The third-order valence-corrected chi connectivity index (χ3v) is 5.23. The van der Waals surface area contributed by atoms with Gasteiger partial charge in [0.2, 0.25) is 0 Å². The Kier molecular flexibility index (Phi) is 3.81. The predicted octanol–water partition coefficient (Wildman–Crippen LogP) is 3.90. The van der Waals surface area contributed by atoms with Crippen molar-refractivity contribution in [1.82, 2.24) is 15.2 Å². The van der Waals surface area contributed by atoms with Gasteiger partial charge in [-0.3, -0.25) is 4.98 Å². The standard InChI is InChI=1S/C18H21N3OS/c1-12-9-10-15(22-12)17-16(14-8-4-5-11-19-14)20-18(23)21(17)13-6-2-3-7-13/h4-5,8-11,13,16-17H,2-3,6-7H2,1H3,(H,20,23)/t16-,17-/m1/s1. The average molecular weight is 327 g/mol. The predicted molar refractivity (Wildman–Crippen MR) is 93.0 cm³/mol. The van der Waals surface area contributed by atoms with Gasteiger partial charge in [-0.25, -0.2) is 0 Å². The molecule has 120 valence electrons. The zero-order valence-corrected chi connectivity index (χ0v) is 14.1. The van der Waals surface area contributed by atoms with Crippen LogP contribution < -0.4 is 5.32 Å². The fourth-order valence-corrected chi connectivity index (χ4v) is 4.25. The van der Waals surface area contributed by atoms with E-state index in [1.54, 1.807) is 0 Å². The van der Waals surface area contributed by atoms with E-state index in [4.69, 9.17) is 16.6 Å². The summed E-state index contributed by atoms with van der Waals surface area (Å²) >= 11 is 5.68. The highest BCUT2D eigenvalue weighted by Gasteiger charge is 2.45. The number of aryl methyl sites for hydroxylation is 1. The van der Waals surface area contributed by atoms with Gasteiger partial charge in [-0.05, 0) is 56.2 Å². The lowest BCUT2D eigenvalue weighted by atomic mass is 10.0.